The Hall–Kier alpha value is -1.97. The molecule has 4 heteroatoms. The van der Waals surface area contributed by atoms with Crippen LogP contribution in [-0.4, -0.2) is 42.4 Å². The number of fused-ring (bicyclic) bond motifs is 1. The number of anilines is 1. The molecule has 0 spiro atoms. The van der Waals surface area contributed by atoms with E-state index in [1.54, 1.807) is 19.0 Å². The summed E-state index contributed by atoms with van der Waals surface area (Å²) < 4.78 is 2.09. The van der Waals surface area contributed by atoms with Gasteiger partial charge in [0.15, 0.2) is 0 Å². The maximum Gasteiger partial charge on any atom is 0.254 e. The fourth-order valence-electron chi connectivity index (χ4n) is 2.28. The third-order valence-electron chi connectivity index (χ3n) is 3.37. The number of pyridine rings is 1. The van der Waals surface area contributed by atoms with Crippen molar-refractivity contribution in [2.24, 2.45) is 0 Å². The van der Waals surface area contributed by atoms with Gasteiger partial charge in [-0.2, -0.15) is 0 Å². The van der Waals surface area contributed by atoms with Crippen LogP contribution < -0.4 is 4.90 Å². The van der Waals surface area contributed by atoms with Crippen LogP contribution >= 0.6 is 0 Å². The molecule has 2 rings (SSSR count). The summed E-state index contributed by atoms with van der Waals surface area (Å²) in [6, 6.07) is 8.05. The second kappa shape index (κ2) is 5.34. The largest absolute Gasteiger partial charge is 0.358 e. The van der Waals surface area contributed by atoms with Gasteiger partial charge in [-0.25, -0.2) is 0 Å². The third kappa shape index (κ3) is 2.43. The third-order valence-corrected chi connectivity index (χ3v) is 3.37. The minimum Gasteiger partial charge on any atom is -0.358 e. The van der Waals surface area contributed by atoms with E-state index in [4.69, 9.17) is 0 Å². The number of carbonyl (C=O) groups excluding carboxylic acids is 1. The van der Waals surface area contributed by atoms with Crippen molar-refractivity contribution in [2.45, 2.75) is 13.8 Å². The molecule has 1 amide bonds. The summed E-state index contributed by atoms with van der Waals surface area (Å²) in [5.74, 6) is 1.16. The van der Waals surface area contributed by atoms with E-state index in [0.717, 1.165) is 24.4 Å². The van der Waals surface area contributed by atoms with Gasteiger partial charge in [-0.1, -0.05) is 0 Å². The molecule has 2 heterocycles. The lowest BCUT2D eigenvalue weighted by atomic mass is 10.2. The van der Waals surface area contributed by atoms with Crippen LogP contribution in [0.15, 0.2) is 30.5 Å². The average molecular weight is 259 g/mol. The van der Waals surface area contributed by atoms with E-state index >= 15 is 0 Å². The first kappa shape index (κ1) is 13.5. The van der Waals surface area contributed by atoms with E-state index in [0.29, 0.717) is 5.56 Å². The van der Waals surface area contributed by atoms with E-state index in [2.05, 4.69) is 35.3 Å². The van der Waals surface area contributed by atoms with Crippen molar-refractivity contribution in [2.75, 3.05) is 32.1 Å². The molecule has 0 aliphatic rings. The zero-order chi connectivity index (χ0) is 14.0. The molecule has 0 aliphatic heterocycles. The molecule has 0 bridgehead atoms. The lowest BCUT2D eigenvalue weighted by Crippen LogP contribution is -2.24. The number of carbonyl (C=O) groups is 1. The van der Waals surface area contributed by atoms with Gasteiger partial charge in [0.1, 0.15) is 5.82 Å². The van der Waals surface area contributed by atoms with Crippen LogP contribution in [0.1, 0.15) is 24.2 Å². The van der Waals surface area contributed by atoms with Gasteiger partial charge >= 0.3 is 0 Å². The Kier molecular flexibility index (Phi) is 3.79. The van der Waals surface area contributed by atoms with Crippen molar-refractivity contribution in [3.05, 3.63) is 36.0 Å². The summed E-state index contributed by atoms with van der Waals surface area (Å²) in [7, 11) is 3.54. The summed E-state index contributed by atoms with van der Waals surface area (Å²) in [5, 5.41) is 0. The van der Waals surface area contributed by atoms with Crippen LogP contribution in [0.4, 0.5) is 5.82 Å². The van der Waals surface area contributed by atoms with Crippen LogP contribution in [0.2, 0.25) is 0 Å². The number of hydrogen-bond donors (Lipinski definition) is 0. The first-order valence-corrected chi connectivity index (χ1v) is 6.66. The molecule has 2 aromatic heterocycles. The monoisotopic (exact) mass is 259 g/mol. The molecule has 0 atom stereocenters. The summed E-state index contributed by atoms with van der Waals surface area (Å²) in [6.07, 6.45) is 1.92. The topological polar surface area (TPSA) is 28.0 Å². The number of rotatable bonds is 4. The van der Waals surface area contributed by atoms with Crippen LogP contribution in [0.5, 0.6) is 0 Å². The van der Waals surface area contributed by atoms with Crippen molar-refractivity contribution in [1.82, 2.24) is 9.30 Å². The van der Waals surface area contributed by atoms with Gasteiger partial charge in [0, 0.05) is 38.9 Å². The van der Waals surface area contributed by atoms with Crippen LogP contribution in [0.25, 0.3) is 5.52 Å². The van der Waals surface area contributed by atoms with E-state index in [9.17, 15) is 4.79 Å². The van der Waals surface area contributed by atoms with Gasteiger partial charge in [0.2, 0.25) is 0 Å². The number of amides is 1. The van der Waals surface area contributed by atoms with Crippen molar-refractivity contribution in [1.29, 1.82) is 0 Å². The van der Waals surface area contributed by atoms with E-state index < -0.39 is 0 Å². The van der Waals surface area contributed by atoms with Gasteiger partial charge in [0.05, 0.1) is 5.56 Å². The van der Waals surface area contributed by atoms with Crippen molar-refractivity contribution < 1.29 is 4.79 Å². The fraction of sp³-hybridized carbons (Fsp3) is 0.400. The molecule has 0 radical (unpaired) electrons. The summed E-state index contributed by atoms with van der Waals surface area (Å²) in [4.78, 5) is 15.9. The Labute approximate surface area is 114 Å². The highest BCUT2D eigenvalue weighted by Gasteiger charge is 2.12. The molecule has 0 fully saturated rings. The normalized spacial score (nSPS) is 10.7. The predicted molar refractivity (Wildman–Crippen MR) is 79.0 cm³/mol. The Morgan fingerprint density at radius 3 is 2.32 bits per heavy atom. The number of nitrogens with zero attached hydrogens (tertiary/aromatic N) is 3. The molecule has 0 N–H and O–H groups in total. The second-order valence-electron chi connectivity index (χ2n) is 4.78. The Morgan fingerprint density at radius 1 is 1.11 bits per heavy atom. The highest BCUT2D eigenvalue weighted by atomic mass is 16.2. The van der Waals surface area contributed by atoms with Gasteiger partial charge in [-0.05, 0) is 38.1 Å². The van der Waals surface area contributed by atoms with Gasteiger partial charge in [-0.3, -0.25) is 4.79 Å². The Bertz CT molecular complexity index is 582. The van der Waals surface area contributed by atoms with Gasteiger partial charge in [-0.15, -0.1) is 0 Å². The number of aromatic nitrogens is 1. The molecule has 4 nitrogen and oxygen atoms in total. The SMILES string of the molecule is CCN(CC)c1ccc2ccc(C(=O)N(C)C)cn12. The molecule has 0 aliphatic carbocycles. The summed E-state index contributed by atoms with van der Waals surface area (Å²) in [6.45, 7) is 6.18. The lowest BCUT2D eigenvalue weighted by Gasteiger charge is -2.21. The van der Waals surface area contributed by atoms with E-state index in [-0.39, 0.29) is 5.91 Å². The predicted octanol–water partition coefficient (Wildman–Crippen LogP) is 2.49. The van der Waals surface area contributed by atoms with Crippen LogP contribution in [-0.2, 0) is 0 Å². The highest BCUT2D eigenvalue weighted by molar-refractivity contribution is 5.94. The molecular formula is C15H21N3O. The van der Waals surface area contributed by atoms with Crippen LogP contribution in [0.3, 0.4) is 0 Å². The fourth-order valence-corrected chi connectivity index (χ4v) is 2.28. The maximum absolute atomic E-state index is 12.0. The smallest absolute Gasteiger partial charge is 0.254 e. The van der Waals surface area contributed by atoms with Crippen molar-refractivity contribution in [3.8, 4) is 0 Å². The quantitative estimate of drug-likeness (QED) is 0.843. The Morgan fingerprint density at radius 2 is 1.74 bits per heavy atom. The minimum absolute atomic E-state index is 0.0288. The van der Waals surface area contributed by atoms with Crippen LogP contribution in [0, 0.1) is 0 Å². The summed E-state index contributed by atoms with van der Waals surface area (Å²) in [5.41, 5.74) is 1.82. The minimum atomic E-state index is 0.0288. The molecule has 0 aromatic carbocycles. The first-order chi connectivity index (χ1) is 9.08. The number of hydrogen-bond acceptors (Lipinski definition) is 2. The van der Waals surface area contributed by atoms with E-state index in [1.165, 1.54) is 0 Å². The standard InChI is InChI=1S/C15H21N3O/c1-5-17(6-2)14-10-9-13-8-7-12(11-18(13)14)15(19)16(3)4/h7-11H,5-6H2,1-4H3. The second-order valence-corrected chi connectivity index (χ2v) is 4.78. The van der Waals surface area contributed by atoms with Gasteiger partial charge < -0.3 is 14.2 Å². The first-order valence-electron chi connectivity index (χ1n) is 6.66. The zero-order valence-corrected chi connectivity index (χ0v) is 12.1. The van der Waals surface area contributed by atoms with Gasteiger partial charge in [0.25, 0.3) is 5.91 Å². The molecule has 2 aromatic rings. The highest BCUT2D eigenvalue weighted by Crippen LogP contribution is 2.20. The van der Waals surface area contributed by atoms with E-state index in [1.807, 2.05) is 18.3 Å². The maximum atomic E-state index is 12.0. The molecule has 0 saturated heterocycles. The lowest BCUT2D eigenvalue weighted by molar-refractivity contribution is 0.0827. The molecular weight excluding hydrogens is 238 g/mol. The average Bonchev–Trinajstić information content (AvgIpc) is 2.82. The Balaban J connectivity index is 2.51. The molecule has 0 unspecified atom stereocenters. The zero-order valence-electron chi connectivity index (χ0n) is 12.1. The molecule has 19 heavy (non-hydrogen) atoms. The molecule has 0 saturated carbocycles. The summed E-state index contributed by atoms with van der Waals surface area (Å²) >= 11 is 0. The molecule has 102 valence electrons. The van der Waals surface area contributed by atoms with Crippen molar-refractivity contribution in [3.63, 3.8) is 0 Å². The van der Waals surface area contributed by atoms with Crippen molar-refractivity contribution >= 4 is 17.2 Å².